The minimum atomic E-state index is -0.302. The van der Waals surface area contributed by atoms with Crippen molar-refractivity contribution in [2.45, 2.75) is 12.5 Å². The lowest BCUT2D eigenvalue weighted by atomic mass is 10.1. The molecule has 6 heteroatoms. The van der Waals surface area contributed by atoms with E-state index in [0.717, 1.165) is 23.2 Å². The highest BCUT2D eigenvalue weighted by molar-refractivity contribution is 5.93. The Morgan fingerprint density at radius 3 is 2.66 bits per heavy atom. The maximum absolute atomic E-state index is 13.4. The number of rotatable bonds is 5. The van der Waals surface area contributed by atoms with Gasteiger partial charge in [-0.2, -0.15) is 5.10 Å². The highest BCUT2D eigenvalue weighted by atomic mass is 19.1. The summed E-state index contributed by atoms with van der Waals surface area (Å²) < 4.78 is 20.5. The normalized spacial score (nSPS) is 16.4. The summed E-state index contributed by atoms with van der Waals surface area (Å²) in [5.41, 5.74) is 3.16. The predicted octanol–water partition coefficient (Wildman–Crippen LogP) is 3.94. The van der Waals surface area contributed by atoms with Crippen LogP contribution in [0, 0.1) is 5.82 Å². The van der Waals surface area contributed by atoms with Gasteiger partial charge in [-0.3, -0.25) is 4.79 Å². The molecule has 0 spiro atoms. The van der Waals surface area contributed by atoms with Gasteiger partial charge in [-0.25, -0.2) is 9.07 Å². The summed E-state index contributed by atoms with van der Waals surface area (Å²) >= 11 is 0. The van der Waals surface area contributed by atoms with Crippen molar-refractivity contribution in [3.05, 3.63) is 78.3 Å². The van der Waals surface area contributed by atoms with Crippen molar-refractivity contribution in [1.29, 1.82) is 0 Å². The standard InChI is InChI=1S/C23H22FN3O2/c1-26(21-13-14-29-16-21)22(28)12-9-18-15-27(20-5-3-2-4-6-20)25-23(18)17-7-10-19(24)11-8-17/h2-12,15,21H,13-14,16H2,1H3/b12-9+. The number of aromatic nitrogens is 2. The molecule has 0 N–H and O–H groups in total. The van der Waals surface area contributed by atoms with Gasteiger partial charge in [-0.1, -0.05) is 18.2 Å². The van der Waals surface area contributed by atoms with E-state index >= 15 is 0 Å². The van der Waals surface area contributed by atoms with Crippen molar-refractivity contribution in [1.82, 2.24) is 14.7 Å². The maximum Gasteiger partial charge on any atom is 0.246 e. The summed E-state index contributed by atoms with van der Waals surface area (Å²) in [6.07, 6.45) is 6.04. The van der Waals surface area contributed by atoms with Gasteiger partial charge in [0.2, 0.25) is 5.91 Å². The largest absolute Gasteiger partial charge is 0.379 e. The fraction of sp³-hybridized carbons (Fsp3) is 0.217. The molecule has 29 heavy (non-hydrogen) atoms. The van der Waals surface area contributed by atoms with E-state index in [2.05, 4.69) is 5.10 Å². The Hall–Kier alpha value is -3.25. The molecule has 2 aromatic carbocycles. The van der Waals surface area contributed by atoms with Gasteiger partial charge in [-0.15, -0.1) is 0 Å². The number of hydrogen-bond acceptors (Lipinski definition) is 3. The predicted molar refractivity (Wildman–Crippen MR) is 110 cm³/mol. The van der Waals surface area contributed by atoms with E-state index in [0.29, 0.717) is 18.9 Å². The molecule has 5 nitrogen and oxygen atoms in total. The lowest BCUT2D eigenvalue weighted by Crippen LogP contribution is -2.36. The molecule has 1 aromatic heterocycles. The number of hydrogen-bond donors (Lipinski definition) is 0. The van der Waals surface area contributed by atoms with Gasteiger partial charge in [0, 0.05) is 37.1 Å². The van der Waals surface area contributed by atoms with E-state index < -0.39 is 0 Å². The summed E-state index contributed by atoms with van der Waals surface area (Å²) in [7, 11) is 1.79. The maximum atomic E-state index is 13.4. The first-order valence-corrected chi connectivity index (χ1v) is 9.55. The van der Waals surface area contributed by atoms with Gasteiger partial charge >= 0.3 is 0 Å². The van der Waals surface area contributed by atoms with E-state index in [1.54, 1.807) is 40.9 Å². The highest BCUT2D eigenvalue weighted by Gasteiger charge is 2.22. The minimum absolute atomic E-state index is 0.0852. The van der Waals surface area contributed by atoms with Crippen LogP contribution in [0.1, 0.15) is 12.0 Å². The van der Waals surface area contributed by atoms with Crippen molar-refractivity contribution in [3.63, 3.8) is 0 Å². The summed E-state index contributed by atoms with van der Waals surface area (Å²) in [5.74, 6) is -0.387. The summed E-state index contributed by atoms with van der Waals surface area (Å²) in [6.45, 7) is 1.26. The number of carbonyl (C=O) groups excluding carboxylic acids is 1. The number of likely N-dealkylation sites (N-methyl/N-ethyl adjacent to an activating group) is 1. The second kappa shape index (κ2) is 8.41. The molecule has 1 fully saturated rings. The molecule has 1 atom stereocenters. The van der Waals surface area contributed by atoms with Crippen LogP contribution in [0.4, 0.5) is 4.39 Å². The molecule has 1 aliphatic heterocycles. The quantitative estimate of drug-likeness (QED) is 0.619. The van der Waals surface area contributed by atoms with Crippen LogP contribution in [-0.2, 0) is 9.53 Å². The lowest BCUT2D eigenvalue weighted by Gasteiger charge is -2.21. The molecule has 2 heterocycles. The number of amides is 1. The molecule has 4 rings (SSSR count). The molecular weight excluding hydrogens is 369 g/mol. The zero-order chi connectivity index (χ0) is 20.2. The van der Waals surface area contributed by atoms with E-state index in [4.69, 9.17) is 4.74 Å². The van der Waals surface area contributed by atoms with Crippen molar-refractivity contribution in [2.24, 2.45) is 0 Å². The van der Waals surface area contributed by atoms with E-state index in [9.17, 15) is 9.18 Å². The summed E-state index contributed by atoms with van der Waals surface area (Å²) in [6, 6.07) is 16.0. The molecule has 3 aromatic rings. The third-order valence-corrected chi connectivity index (χ3v) is 5.09. The Balaban J connectivity index is 1.66. The molecule has 148 valence electrons. The number of para-hydroxylation sites is 1. The zero-order valence-electron chi connectivity index (χ0n) is 16.2. The Kier molecular flexibility index (Phi) is 5.53. The smallest absolute Gasteiger partial charge is 0.246 e. The first-order chi connectivity index (χ1) is 14.1. The van der Waals surface area contributed by atoms with Gasteiger partial charge in [0.1, 0.15) is 5.82 Å². The molecular formula is C23H22FN3O2. The van der Waals surface area contributed by atoms with Crippen LogP contribution in [0.15, 0.2) is 66.9 Å². The van der Waals surface area contributed by atoms with Crippen molar-refractivity contribution >= 4 is 12.0 Å². The third-order valence-electron chi connectivity index (χ3n) is 5.09. The summed E-state index contributed by atoms with van der Waals surface area (Å²) in [4.78, 5) is 14.3. The van der Waals surface area contributed by atoms with Crippen LogP contribution >= 0.6 is 0 Å². The topological polar surface area (TPSA) is 47.4 Å². The van der Waals surface area contributed by atoms with Crippen LogP contribution in [0.5, 0.6) is 0 Å². The van der Waals surface area contributed by atoms with Crippen molar-refractivity contribution < 1.29 is 13.9 Å². The number of carbonyl (C=O) groups is 1. The molecule has 1 unspecified atom stereocenters. The molecule has 0 bridgehead atoms. The SMILES string of the molecule is CN(C(=O)/C=C/c1cn(-c2ccccc2)nc1-c1ccc(F)cc1)C1CCOC1. The first kappa shape index (κ1) is 19.1. The van der Waals surface area contributed by atoms with Gasteiger partial charge in [0.15, 0.2) is 0 Å². The van der Waals surface area contributed by atoms with Crippen LogP contribution in [0.3, 0.4) is 0 Å². The van der Waals surface area contributed by atoms with E-state index in [-0.39, 0.29) is 17.8 Å². The number of nitrogens with zero attached hydrogens (tertiary/aromatic N) is 3. The Labute approximate surface area is 169 Å². The third kappa shape index (κ3) is 4.27. The fourth-order valence-electron chi connectivity index (χ4n) is 3.34. The van der Waals surface area contributed by atoms with Crippen LogP contribution in [-0.4, -0.2) is 46.9 Å². The Morgan fingerprint density at radius 2 is 1.97 bits per heavy atom. The Morgan fingerprint density at radius 1 is 1.21 bits per heavy atom. The number of ether oxygens (including phenoxy) is 1. The van der Waals surface area contributed by atoms with E-state index in [1.165, 1.54) is 12.1 Å². The van der Waals surface area contributed by atoms with Gasteiger partial charge in [-0.05, 0) is 48.9 Å². The van der Waals surface area contributed by atoms with Gasteiger partial charge in [0.25, 0.3) is 0 Å². The van der Waals surface area contributed by atoms with Crippen LogP contribution in [0.2, 0.25) is 0 Å². The second-order valence-electron chi connectivity index (χ2n) is 7.02. The molecule has 1 aliphatic rings. The monoisotopic (exact) mass is 391 g/mol. The van der Waals surface area contributed by atoms with Crippen molar-refractivity contribution in [3.8, 4) is 16.9 Å². The molecule has 1 saturated heterocycles. The average Bonchev–Trinajstić information content (AvgIpc) is 3.43. The molecule has 0 saturated carbocycles. The fourth-order valence-corrected chi connectivity index (χ4v) is 3.34. The second-order valence-corrected chi connectivity index (χ2v) is 7.02. The average molecular weight is 391 g/mol. The lowest BCUT2D eigenvalue weighted by molar-refractivity contribution is -0.126. The van der Waals surface area contributed by atoms with Gasteiger partial charge in [0.05, 0.1) is 24.0 Å². The highest BCUT2D eigenvalue weighted by Crippen LogP contribution is 2.25. The molecule has 1 amide bonds. The zero-order valence-corrected chi connectivity index (χ0v) is 16.2. The Bertz CT molecular complexity index is 1010. The number of benzene rings is 2. The van der Waals surface area contributed by atoms with Gasteiger partial charge < -0.3 is 9.64 Å². The molecule has 0 radical (unpaired) electrons. The van der Waals surface area contributed by atoms with Crippen molar-refractivity contribution in [2.75, 3.05) is 20.3 Å². The summed E-state index contributed by atoms with van der Waals surface area (Å²) in [5, 5.41) is 4.68. The van der Waals surface area contributed by atoms with Crippen LogP contribution in [0.25, 0.3) is 23.0 Å². The number of halogens is 1. The first-order valence-electron chi connectivity index (χ1n) is 9.55. The van der Waals surface area contributed by atoms with E-state index in [1.807, 2.05) is 36.5 Å². The van der Waals surface area contributed by atoms with Crippen LogP contribution < -0.4 is 0 Å². The minimum Gasteiger partial charge on any atom is -0.379 e. The molecule has 0 aliphatic carbocycles.